The second kappa shape index (κ2) is 7.84. The molecule has 0 atom stereocenters. The van der Waals surface area contributed by atoms with Crippen molar-refractivity contribution >= 4 is 35.0 Å². The maximum Gasteiger partial charge on any atom is 0.335 e. The van der Waals surface area contributed by atoms with Gasteiger partial charge in [-0.3, -0.25) is 14.9 Å². The minimum atomic E-state index is -1.12. The van der Waals surface area contributed by atoms with Crippen molar-refractivity contribution < 1.29 is 29.1 Å². The Balaban J connectivity index is 1.64. The number of nitrogens with zero attached hydrogens (tertiary/aromatic N) is 3. The predicted octanol–water partition coefficient (Wildman–Crippen LogP) is 4.06. The number of nitro benzene ring substituents is 1. The Labute approximate surface area is 180 Å². The summed E-state index contributed by atoms with van der Waals surface area (Å²) in [5.74, 6) is -1.33. The van der Waals surface area contributed by atoms with E-state index in [4.69, 9.17) is 9.52 Å². The molecule has 0 unspecified atom stereocenters. The quantitative estimate of drug-likeness (QED) is 0.350. The number of non-ortho nitro benzene ring substituents is 1. The van der Waals surface area contributed by atoms with Crippen molar-refractivity contribution in [3.63, 3.8) is 0 Å². The number of benzene rings is 2. The lowest BCUT2D eigenvalue weighted by Gasteiger charge is -2.12. The van der Waals surface area contributed by atoms with Crippen LogP contribution in [0, 0.1) is 10.1 Å². The summed E-state index contributed by atoms with van der Waals surface area (Å²) in [5, 5.41) is 35.5. The van der Waals surface area contributed by atoms with Gasteiger partial charge < -0.3 is 14.6 Å². The zero-order chi connectivity index (χ0) is 23.0. The predicted molar refractivity (Wildman–Crippen MR) is 114 cm³/mol. The van der Waals surface area contributed by atoms with Crippen LogP contribution < -0.4 is 5.01 Å². The molecule has 2 N–H and O–H groups in total. The van der Waals surface area contributed by atoms with Crippen molar-refractivity contribution in [2.45, 2.75) is 6.92 Å². The van der Waals surface area contributed by atoms with Gasteiger partial charge in [0.05, 0.1) is 33.0 Å². The number of anilines is 1. The summed E-state index contributed by atoms with van der Waals surface area (Å²) in [6.45, 7) is 1.63. The lowest BCUT2D eigenvalue weighted by atomic mass is 10.1. The first-order chi connectivity index (χ1) is 15.2. The van der Waals surface area contributed by atoms with E-state index in [9.17, 15) is 24.8 Å². The number of carboxylic acids is 1. The molecular formula is C22H15N3O7. The smallest absolute Gasteiger partial charge is 0.335 e. The fourth-order valence-electron chi connectivity index (χ4n) is 3.18. The summed E-state index contributed by atoms with van der Waals surface area (Å²) >= 11 is 0. The fraction of sp³-hybridized carbons (Fsp3) is 0.0455. The zero-order valence-corrected chi connectivity index (χ0v) is 16.6. The van der Waals surface area contributed by atoms with Crippen LogP contribution in [0.3, 0.4) is 0 Å². The van der Waals surface area contributed by atoms with E-state index in [-0.39, 0.29) is 39.7 Å². The Hall–Kier alpha value is -4.73. The molecule has 160 valence electrons. The average molecular weight is 433 g/mol. The van der Waals surface area contributed by atoms with Crippen LogP contribution in [0.5, 0.6) is 5.75 Å². The molecule has 3 aromatic rings. The molecule has 0 saturated carbocycles. The molecule has 0 aliphatic carbocycles. The van der Waals surface area contributed by atoms with E-state index in [0.29, 0.717) is 11.4 Å². The zero-order valence-electron chi connectivity index (χ0n) is 16.6. The summed E-state index contributed by atoms with van der Waals surface area (Å²) in [6, 6.07) is 12.5. The molecule has 0 fully saturated rings. The standard InChI is InChI=1S/C22H15N3O7/c1-12-17(21(27)24(23-12)14-4-2-3-13(9-14)22(28)29)11-16-6-8-20(32-16)18-10-15(25(30)31)5-7-19(18)26/h2-11,26H,1H3,(H,28,29)/b17-11+. The SMILES string of the molecule is CC1=NN(c2cccc(C(=O)O)c2)C(=O)/C1=C/c1ccc(-c2cc([N+](=O)[O-])ccc2O)o1. The van der Waals surface area contributed by atoms with E-state index in [1.165, 1.54) is 48.5 Å². The van der Waals surface area contributed by atoms with E-state index in [1.807, 2.05) is 0 Å². The molecule has 1 aromatic heterocycles. The van der Waals surface area contributed by atoms with Crippen molar-refractivity contribution in [2.75, 3.05) is 5.01 Å². The molecular weight excluding hydrogens is 418 g/mol. The number of rotatable bonds is 5. The molecule has 32 heavy (non-hydrogen) atoms. The summed E-state index contributed by atoms with van der Waals surface area (Å²) in [6.07, 6.45) is 1.46. The number of furan rings is 1. The largest absolute Gasteiger partial charge is 0.507 e. The molecule has 2 aromatic carbocycles. The molecule has 0 spiro atoms. The first-order valence-corrected chi connectivity index (χ1v) is 9.27. The third kappa shape index (κ3) is 3.72. The fourth-order valence-corrected chi connectivity index (χ4v) is 3.18. The highest BCUT2D eigenvalue weighted by Crippen LogP contribution is 2.34. The third-order valence-corrected chi connectivity index (χ3v) is 4.77. The van der Waals surface area contributed by atoms with Crippen molar-refractivity contribution in [2.24, 2.45) is 5.10 Å². The maximum atomic E-state index is 12.9. The van der Waals surface area contributed by atoms with Gasteiger partial charge in [-0.25, -0.2) is 4.79 Å². The van der Waals surface area contributed by atoms with E-state index in [1.54, 1.807) is 19.1 Å². The van der Waals surface area contributed by atoms with Gasteiger partial charge in [-0.15, -0.1) is 0 Å². The van der Waals surface area contributed by atoms with Gasteiger partial charge in [-0.1, -0.05) is 6.07 Å². The van der Waals surface area contributed by atoms with Gasteiger partial charge in [-0.05, 0) is 49.4 Å². The summed E-state index contributed by atoms with van der Waals surface area (Å²) in [4.78, 5) is 34.5. The number of hydrogen-bond acceptors (Lipinski definition) is 7. The van der Waals surface area contributed by atoms with E-state index in [0.717, 1.165) is 5.01 Å². The Morgan fingerprint density at radius 1 is 1.19 bits per heavy atom. The average Bonchev–Trinajstić information content (AvgIpc) is 3.34. The Bertz CT molecular complexity index is 1340. The van der Waals surface area contributed by atoms with Gasteiger partial charge in [0.15, 0.2) is 0 Å². The van der Waals surface area contributed by atoms with Gasteiger partial charge in [0.2, 0.25) is 0 Å². The Kier molecular flexibility index (Phi) is 5.03. The molecule has 1 amide bonds. The van der Waals surface area contributed by atoms with Gasteiger partial charge in [0.1, 0.15) is 17.3 Å². The Morgan fingerprint density at radius 3 is 2.69 bits per heavy atom. The second-order valence-corrected chi connectivity index (χ2v) is 6.88. The van der Waals surface area contributed by atoms with Crippen molar-refractivity contribution in [1.29, 1.82) is 0 Å². The van der Waals surface area contributed by atoms with E-state index < -0.39 is 16.8 Å². The van der Waals surface area contributed by atoms with Gasteiger partial charge >= 0.3 is 5.97 Å². The first-order valence-electron chi connectivity index (χ1n) is 9.27. The van der Waals surface area contributed by atoms with E-state index >= 15 is 0 Å². The van der Waals surface area contributed by atoms with Crippen LogP contribution in [-0.2, 0) is 4.79 Å². The number of hydrazone groups is 1. The van der Waals surface area contributed by atoms with Crippen LogP contribution in [0.4, 0.5) is 11.4 Å². The van der Waals surface area contributed by atoms with Crippen LogP contribution in [0.15, 0.2) is 69.7 Å². The molecule has 0 saturated heterocycles. The minimum Gasteiger partial charge on any atom is -0.507 e. The number of phenolic OH excluding ortho intramolecular Hbond substituents is 1. The molecule has 2 heterocycles. The van der Waals surface area contributed by atoms with Crippen LogP contribution in [0.1, 0.15) is 23.0 Å². The lowest BCUT2D eigenvalue weighted by Crippen LogP contribution is -2.21. The number of carboxylic acid groups (broad SMARTS) is 1. The highest BCUT2D eigenvalue weighted by molar-refractivity contribution is 6.32. The molecule has 0 radical (unpaired) electrons. The number of aromatic carboxylic acids is 1. The van der Waals surface area contributed by atoms with Crippen molar-refractivity contribution in [3.8, 4) is 17.1 Å². The maximum absolute atomic E-state index is 12.9. The molecule has 1 aliphatic heterocycles. The summed E-state index contributed by atoms with van der Waals surface area (Å²) in [7, 11) is 0. The monoisotopic (exact) mass is 433 g/mol. The second-order valence-electron chi connectivity index (χ2n) is 6.88. The number of nitro groups is 1. The topological polar surface area (TPSA) is 146 Å². The molecule has 10 nitrogen and oxygen atoms in total. The van der Waals surface area contributed by atoms with Crippen molar-refractivity contribution in [1.82, 2.24) is 0 Å². The number of hydrogen-bond donors (Lipinski definition) is 2. The molecule has 0 bridgehead atoms. The minimum absolute atomic E-state index is 0.0213. The molecule has 1 aliphatic rings. The third-order valence-electron chi connectivity index (χ3n) is 4.77. The van der Waals surface area contributed by atoms with E-state index in [2.05, 4.69) is 5.10 Å². The number of carbonyl (C=O) groups is 2. The highest BCUT2D eigenvalue weighted by Gasteiger charge is 2.29. The normalized spacial score (nSPS) is 14.7. The molecule has 10 heteroatoms. The summed E-state index contributed by atoms with van der Waals surface area (Å²) < 4.78 is 5.67. The van der Waals surface area contributed by atoms with Crippen molar-refractivity contribution in [3.05, 3.63) is 81.6 Å². The van der Waals surface area contributed by atoms with Crippen LogP contribution >= 0.6 is 0 Å². The number of phenols is 1. The van der Waals surface area contributed by atoms with Gasteiger partial charge in [0, 0.05) is 12.1 Å². The number of carbonyl (C=O) groups excluding carboxylic acids is 1. The van der Waals surface area contributed by atoms with Crippen LogP contribution in [-0.4, -0.2) is 32.7 Å². The van der Waals surface area contributed by atoms with Crippen LogP contribution in [0.2, 0.25) is 0 Å². The highest BCUT2D eigenvalue weighted by atomic mass is 16.6. The Morgan fingerprint density at radius 2 is 1.97 bits per heavy atom. The number of aromatic hydroxyl groups is 1. The van der Waals surface area contributed by atoms with Gasteiger partial charge in [0.25, 0.3) is 11.6 Å². The van der Waals surface area contributed by atoms with Crippen LogP contribution in [0.25, 0.3) is 17.4 Å². The first kappa shape index (κ1) is 20.5. The number of amides is 1. The summed E-state index contributed by atoms with van der Waals surface area (Å²) in [5.41, 5.74) is 0.885. The lowest BCUT2D eigenvalue weighted by molar-refractivity contribution is -0.384. The van der Waals surface area contributed by atoms with Gasteiger partial charge in [-0.2, -0.15) is 10.1 Å². The molecule has 4 rings (SSSR count).